The molecule has 0 spiro atoms. The number of hydrogen-bond acceptors (Lipinski definition) is 0. The highest BCUT2D eigenvalue weighted by Crippen LogP contribution is 2.16. The summed E-state index contributed by atoms with van der Waals surface area (Å²) in [6, 6.07) is 13.1. The minimum absolute atomic E-state index is 0. The molecule has 0 saturated carbocycles. The molecule has 2 aromatic rings. The van der Waals surface area contributed by atoms with Crippen molar-refractivity contribution in [1.29, 1.82) is 0 Å². The largest absolute Gasteiger partial charge is 0.0776 e. The van der Waals surface area contributed by atoms with E-state index < -0.39 is 0 Å². The van der Waals surface area contributed by atoms with Crippen LogP contribution in [0.3, 0.4) is 0 Å². The van der Waals surface area contributed by atoms with Gasteiger partial charge in [0.2, 0.25) is 0 Å². The van der Waals surface area contributed by atoms with E-state index in [4.69, 9.17) is 0 Å². The van der Waals surface area contributed by atoms with Crippen molar-refractivity contribution in [3.8, 4) is 0 Å². The van der Waals surface area contributed by atoms with Crippen LogP contribution in [0.5, 0.6) is 0 Å². The summed E-state index contributed by atoms with van der Waals surface area (Å²) in [7, 11) is 0. The third kappa shape index (κ3) is 1.89. The smallest absolute Gasteiger partial charge is 0 e. The Kier molecular flexibility index (Phi) is 2.72. The molecule has 0 N–H and O–H groups in total. The maximum atomic E-state index is 2.22. The molecule has 0 fully saturated rings. The van der Waals surface area contributed by atoms with Gasteiger partial charge in [0.15, 0.2) is 0 Å². The lowest BCUT2D eigenvalue weighted by Gasteiger charge is -1.99. The Morgan fingerprint density at radius 2 is 1.15 bits per heavy atom. The molecule has 0 aliphatic rings. The number of rotatable bonds is 0. The summed E-state index contributed by atoms with van der Waals surface area (Å²) in [5.41, 5.74) is 2.65. The van der Waals surface area contributed by atoms with Crippen LogP contribution in [-0.2, 0) is 0 Å². The summed E-state index contributed by atoms with van der Waals surface area (Å²) in [5, 5.41) is 2.67. The van der Waals surface area contributed by atoms with Crippen molar-refractivity contribution in [3.63, 3.8) is 0 Å². The van der Waals surface area contributed by atoms with Crippen LogP contribution in [0.2, 0.25) is 0 Å². The molecule has 0 saturated heterocycles. The molecule has 0 amide bonds. The summed E-state index contributed by atoms with van der Waals surface area (Å²) in [6.07, 6.45) is 0. The Labute approximate surface area is 81.7 Å². The zero-order valence-electron chi connectivity index (χ0n) is 7.46. The molecule has 0 heteroatoms. The lowest BCUT2D eigenvalue weighted by molar-refractivity contribution is 1.47. The van der Waals surface area contributed by atoms with Gasteiger partial charge in [0, 0.05) is 1.43 Å². The van der Waals surface area contributed by atoms with Gasteiger partial charge in [-0.3, -0.25) is 0 Å². The molecule has 0 unspecified atom stereocenters. The number of benzene rings is 2. The standard InChI is InChI=1S/C12H12.CH4.H2/c1-9-3-5-12-8-10(2)4-6-11(12)7-9;;/h3-8H,1-2H3;1H4;1H. The molecule has 0 nitrogen and oxygen atoms in total. The molecule has 2 aromatic carbocycles. The van der Waals surface area contributed by atoms with Crippen molar-refractivity contribution in [2.45, 2.75) is 21.3 Å². The maximum Gasteiger partial charge on any atom is 0 e. The van der Waals surface area contributed by atoms with Crippen molar-refractivity contribution in [2.75, 3.05) is 0 Å². The highest BCUT2D eigenvalue weighted by atomic mass is 14.0. The topological polar surface area (TPSA) is 0 Å². The van der Waals surface area contributed by atoms with E-state index in [0.717, 1.165) is 0 Å². The molecule has 0 heterocycles. The summed E-state index contributed by atoms with van der Waals surface area (Å²) >= 11 is 0. The zero-order chi connectivity index (χ0) is 8.55. The van der Waals surface area contributed by atoms with Crippen molar-refractivity contribution >= 4 is 10.8 Å². The first-order valence-corrected chi connectivity index (χ1v) is 4.23. The Morgan fingerprint density at radius 3 is 1.54 bits per heavy atom. The maximum absolute atomic E-state index is 2.22. The first-order chi connectivity index (χ1) is 5.75. The lowest BCUT2D eigenvalue weighted by Crippen LogP contribution is -1.76. The van der Waals surface area contributed by atoms with Crippen LogP contribution in [0.1, 0.15) is 20.0 Å². The van der Waals surface area contributed by atoms with E-state index in [-0.39, 0.29) is 8.85 Å². The van der Waals surface area contributed by atoms with E-state index >= 15 is 0 Å². The van der Waals surface area contributed by atoms with Crippen LogP contribution in [0.15, 0.2) is 36.4 Å². The molecule has 0 bridgehead atoms. The first-order valence-electron chi connectivity index (χ1n) is 4.23. The van der Waals surface area contributed by atoms with E-state index in [2.05, 4.69) is 50.2 Å². The van der Waals surface area contributed by atoms with Crippen LogP contribution in [0.4, 0.5) is 0 Å². The van der Waals surface area contributed by atoms with Crippen LogP contribution in [0.25, 0.3) is 10.8 Å². The minimum Gasteiger partial charge on any atom is -0.0776 e. The highest BCUT2D eigenvalue weighted by Gasteiger charge is 1.92. The van der Waals surface area contributed by atoms with E-state index in [1.807, 2.05) is 0 Å². The van der Waals surface area contributed by atoms with Gasteiger partial charge in [0.05, 0.1) is 0 Å². The molecule has 0 aromatic heterocycles. The van der Waals surface area contributed by atoms with E-state index in [1.54, 1.807) is 0 Å². The molecule has 0 aliphatic carbocycles. The second-order valence-electron chi connectivity index (χ2n) is 3.35. The second-order valence-corrected chi connectivity index (χ2v) is 3.35. The minimum atomic E-state index is 0. The summed E-state index contributed by atoms with van der Waals surface area (Å²) in [5.74, 6) is 0. The Hall–Kier alpha value is -1.30. The normalized spacial score (nSPS) is 9.69. The average molecular weight is 174 g/mol. The van der Waals surface area contributed by atoms with Crippen LogP contribution in [-0.4, -0.2) is 0 Å². The van der Waals surface area contributed by atoms with Crippen molar-refractivity contribution in [1.82, 2.24) is 0 Å². The van der Waals surface area contributed by atoms with Gasteiger partial charge in [0.1, 0.15) is 0 Å². The summed E-state index contributed by atoms with van der Waals surface area (Å²) in [6.45, 7) is 4.25. The molecule has 0 aliphatic heterocycles. The molecule has 2 rings (SSSR count). The lowest BCUT2D eigenvalue weighted by atomic mass is 10.1. The SMILES string of the molecule is C.Cc1ccc2cc(C)ccc2c1.[HH]. The van der Waals surface area contributed by atoms with E-state index in [9.17, 15) is 0 Å². The fourth-order valence-corrected chi connectivity index (χ4v) is 1.48. The van der Waals surface area contributed by atoms with Gasteiger partial charge < -0.3 is 0 Å². The highest BCUT2D eigenvalue weighted by molar-refractivity contribution is 5.83. The van der Waals surface area contributed by atoms with Gasteiger partial charge >= 0.3 is 0 Å². The second kappa shape index (κ2) is 3.61. The fraction of sp³-hybridized carbons (Fsp3) is 0.231. The van der Waals surface area contributed by atoms with Crippen molar-refractivity contribution in [3.05, 3.63) is 47.5 Å². The quantitative estimate of drug-likeness (QED) is 0.557. The predicted molar refractivity (Wildman–Crippen MR) is 62.3 cm³/mol. The molecular weight excluding hydrogens is 156 g/mol. The number of hydrogen-bond donors (Lipinski definition) is 0. The number of fused-ring (bicyclic) bond motifs is 1. The van der Waals surface area contributed by atoms with Crippen LogP contribution >= 0.6 is 0 Å². The summed E-state index contributed by atoms with van der Waals surface area (Å²) in [4.78, 5) is 0. The van der Waals surface area contributed by atoms with E-state index in [1.165, 1.54) is 21.9 Å². The molecule has 0 atom stereocenters. The van der Waals surface area contributed by atoms with Crippen LogP contribution in [0, 0.1) is 13.8 Å². The molecule has 70 valence electrons. The number of aryl methyl sites for hydroxylation is 2. The predicted octanol–water partition coefficient (Wildman–Crippen LogP) is 4.34. The van der Waals surface area contributed by atoms with Crippen molar-refractivity contribution in [2.24, 2.45) is 0 Å². The monoisotopic (exact) mass is 174 g/mol. The zero-order valence-corrected chi connectivity index (χ0v) is 7.46. The van der Waals surface area contributed by atoms with Crippen LogP contribution < -0.4 is 0 Å². The van der Waals surface area contributed by atoms with Gasteiger partial charge in [-0.15, -0.1) is 0 Å². The fourth-order valence-electron chi connectivity index (χ4n) is 1.48. The van der Waals surface area contributed by atoms with Crippen molar-refractivity contribution < 1.29 is 1.43 Å². The first kappa shape index (κ1) is 9.79. The average Bonchev–Trinajstić information content (AvgIpc) is 2.05. The van der Waals surface area contributed by atoms with Gasteiger partial charge in [-0.25, -0.2) is 0 Å². The third-order valence-electron chi connectivity index (χ3n) is 2.15. The Balaban J connectivity index is 0.000000845. The van der Waals surface area contributed by atoms with Gasteiger partial charge in [-0.2, -0.15) is 0 Å². The molecule has 13 heavy (non-hydrogen) atoms. The molecule has 0 radical (unpaired) electrons. The summed E-state index contributed by atoms with van der Waals surface area (Å²) < 4.78 is 0. The third-order valence-corrected chi connectivity index (χ3v) is 2.15. The Morgan fingerprint density at radius 1 is 0.769 bits per heavy atom. The molecular formula is C13H18. The van der Waals surface area contributed by atoms with Gasteiger partial charge in [0.25, 0.3) is 0 Å². The Bertz CT molecular complexity index is 377. The van der Waals surface area contributed by atoms with Gasteiger partial charge in [-0.05, 0) is 24.6 Å². The van der Waals surface area contributed by atoms with E-state index in [0.29, 0.717) is 0 Å². The van der Waals surface area contributed by atoms with Gasteiger partial charge in [-0.1, -0.05) is 55.0 Å².